The molecule has 0 amide bonds. The second-order valence-corrected chi connectivity index (χ2v) is 6.82. The zero-order valence-electron chi connectivity index (χ0n) is 18.3. The first-order valence-corrected chi connectivity index (χ1v) is 11.2. The summed E-state index contributed by atoms with van der Waals surface area (Å²) >= 11 is 0. The molecule has 0 aromatic heterocycles. The highest BCUT2D eigenvalue weighted by molar-refractivity contribution is 5.69. The Morgan fingerprint density at radius 1 is 0.607 bits per heavy atom. The molecule has 0 unspecified atom stereocenters. The monoisotopic (exact) mass is 386 g/mol. The second kappa shape index (κ2) is 23.2. The Bertz CT molecular complexity index is 481. The molecule has 28 heavy (non-hydrogen) atoms. The molecule has 0 aromatic rings. The Hall–Kier alpha value is -1.83. The van der Waals surface area contributed by atoms with Crippen LogP contribution in [0.2, 0.25) is 0 Å². The Labute approximate surface area is 174 Å². The summed E-state index contributed by atoms with van der Waals surface area (Å²) in [5, 5.41) is 0. The van der Waals surface area contributed by atoms with Crippen molar-refractivity contribution < 1.29 is 9.53 Å². The van der Waals surface area contributed by atoms with E-state index in [2.05, 4.69) is 67.7 Å². The van der Waals surface area contributed by atoms with E-state index in [-0.39, 0.29) is 5.97 Å². The summed E-state index contributed by atoms with van der Waals surface area (Å²) in [6.45, 7) is 4.51. The van der Waals surface area contributed by atoms with E-state index in [1.165, 1.54) is 19.3 Å². The van der Waals surface area contributed by atoms with Crippen molar-refractivity contribution in [2.45, 2.75) is 90.9 Å². The second-order valence-electron chi connectivity index (χ2n) is 6.82. The van der Waals surface area contributed by atoms with E-state index in [4.69, 9.17) is 4.74 Å². The molecule has 158 valence electrons. The van der Waals surface area contributed by atoms with Gasteiger partial charge in [0, 0.05) is 6.42 Å². The molecular formula is C26H42O2. The molecule has 0 spiro atoms. The van der Waals surface area contributed by atoms with Crippen LogP contribution in [-0.4, -0.2) is 12.6 Å². The van der Waals surface area contributed by atoms with Crippen molar-refractivity contribution in [1.29, 1.82) is 0 Å². The van der Waals surface area contributed by atoms with Gasteiger partial charge in [0.05, 0.1) is 6.61 Å². The average Bonchev–Trinajstić information content (AvgIpc) is 2.69. The van der Waals surface area contributed by atoms with Gasteiger partial charge in [0.25, 0.3) is 0 Å². The van der Waals surface area contributed by atoms with Crippen LogP contribution >= 0.6 is 0 Å². The molecule has 0 aliphatic heterocycles. The predicted molar refractivity (Wildman–Crippen MR) is 123 cm³/mol. The van der Waals surface area contributed by atoms with Gasteiger partial charge < -0.3 is 4.74 Å². The number of rotatable bonds is 18. The van der Waals surface area contributed by atoms with E-state index in [1.807, 2.05) is 6.92 Å². The van der Waals surface area contributed by atoms with Crippen molar-refractivity contribution in [2.24, 2.45) is 0 Å². The van der Waals surface area contributed by atoms with E-state index >= 15 is 0 Å². The summed E-state index contributed by atoms with van der Waals surface area (Å²) in [4.78, 5) is 11.2. The van der Waals surface area contributed by atoms with Gasteiger partial charge in [-0.2, -0.15) is 0 Å². The number of ether oxygens (including phenoxy) is 1. The van der Waals surface area contributed by atoms with Crippen LogP contribution in [0.25, 0.3) is 0 Å². The minimum atomic E-state index is -0.0544. The number of hydrogen-bond donors (Lipinski definition) is 0. The Balaban J connectivity index is 3.39. The number of carbonyl (C=O) groups excluding carboxylic acids is 1. The van der Waals surface area contributed by atoms with Crippen LogP contribution in [0.3, 0.4) is 0 Å². The normalized spacial score (nSPS) is 12.5. The first kappa shape index (κ1) is 26.2. The molecule has 0 saturated heterocycles. The first-order chi connectivity index (χ1) is 13.8. The van der Waals surface area contributed by atoms with Gasteiger partial charge in [-0.05, 0) is 58.3 Å². The summed E-state index contributed by atoms with van der Waals surface area (Å²) in [5.41, 5.74) is 0. The first-order valence-electron chi connectivity index (χ1n) is 11.2. The number of unbranched alkanes of at least 4 members (excludes halogenated alkanes) is 5. The van der Waals surface area contributed by atoms with Gasteiger partial charge in [0.1, 0.15) is 0 Å². The molecule has 0 atom stereocenters. The molecule has 0 aromatic carbocycles. The highest BCUT2D eigenvalue weighted by atomic mass is 16.5. The maximum absolute atomic E-state index is 11.2. The standard InChI is InChI=1S/C26H42O2/c1-3-5-6-7-8-9-10-11-12-13-14-15-16-17-18-19-20-21-22-23-24-25-26(27)28-4-2/h5-6,8-9,11-12,14-15,17-18H,3-4,7,10,13,16,19-25H2,1-2H3/b6-5?,9-8?,12-11?,15-14?,18-17-. The fraction of sp³-hybridized carbons (Fsp3) is 0.577. The quantitative estimate of drug-likeness (QED) is 0.135. The number of carbonyl (C=O) groups is 1. The fourth-order valence-corrected chi connectivity index (χ4v) is 2.66. The molecule has 0 bridgehead atoms. The lowest BCUT2D eigenvalue weighted by Crippen LogP contribution is -2.03. The molecule has 0 rings (SSSR count). The van der Waals surface area contributed by atoms with E-state index in [9.17, 15) is 4.79 Å². The van der Waals surface area contributed by atoms with E-state index in [0.29, 0.717) is 13.0 Å². The van der Waals surface area contributed by atoms with E-state index in [1.54, 1.807) is 0 Å². The maximum atomic E-state index is 11.2. The van der Waals surface area contributed by atoms with Crippen molar-refractivity contribution in [3.8, 4) is 0 Å². The molecule has 2 nitrogen and oxygen atoms in total. The van der Waals surface area contributed by atoms with Crippen LogP contribution in [0.4, 0.5) is 0 Å². The van der Waals surface area contributed by atoms with Gasteiger partial charge >= 0.3 is 5.97 Å². The lowest BCUT2D eigenvalue weighted by atomic mass is 10.1. The zero-order valence-corrected chi connectivity index (χ0v) is 18.3. The van der Waals surface area contributed by atoms with Crippen LogP contribution in [0.5, 0.6) is 0 Å². The van der Waals surface area contributed by atoms with Crippen molar-refractivity contribution in [3.05, 3.63) is 60.8 Å². The smallest absolute Gasteiger partial charge is 0.305 e. The minimum absolute atomic E-state index is 0.0544. The molecule has 0 N–H and O–H groups in total. The predicted octanol–water partition coefficient (Wildman–Crippen LogP) is 8.03. The lowest BCUT2D eigenvalue weighted by Gasteiger charge is -2.01. The molecule has 2 heteroatoms. The Kier molecular flexibility index (Phi) is 21.7. The molecule has 0 saturated carbocycles. The summed E-state index contributed by atoms with van der Waals surface area (Å²) < 4.78 is 4.92. The summed E-state index contributed by atoms with van der Waals surface area (Å²) in [6.07, 6.45) is 35.1. The summed E-state index contributed by atoms with van der Waals surface area (Å²) in [5.74, 6) is -0.0544. The molecule has 0 aliphatic rings. The minimum Gasteiger partial charge on any atom is -0.466 e. The van der Waals surface area contributed by atoms with E-state index in [0.717, 1.165) is 51.4 Å². The molecular weight excluding hydrogens is 344 g/mol. The fourth-order valence-electron chi connectivity index (χ4n) is 2.66. The van der Waals surface area contributed by atoms with Gasteiger partial charge in [-0.15, -0.1) is 0 Å². The van der Waals surface area contributed by atoms with Gasteiger partial charge in [-0.25, -0.2) is 0 Å². The third-order valence-corrected chi connectivity index (χ3v) is 4.21. The van der Waals surface area contributed by atoms with Crippen LogP contribution < -0.4 is 0 Å². The van der Waals surface area contributed by atoms with Crippen LogP contribution in [0, 0.1) is 0 Å². The van der Waals surface area contributed by atoms with Crippen LogP contribution in [-0.2, 0) is 9.53 Å². The third-order valence-electron chi connectivity index (χ3n) is 4.21. The third kappa shape index (κ3) is 22.2. The zero-order chi connectivity index (χ0) is 20.5. The van der Waals surface area contributed by atoms with Gasteiger partial charge in [-0.1, -0.05) is 86.9 Å². The SMILES string of the molecule is CCC=CCC=CCC=CCC=CC/C=C\CCCCCCCC(=O)OCC. The van der Waals surface area contributed by atoms with Gasteiger partial charge in [0.2, 0.25) is 0 Å². The maximum Gasteiger partial charge on any atom is 0.305 e. The van der Waals surface area contributed by atoms with Gasteiger partial charge in [-0.3, -0.25) is 4.79 Å². The van der Waals surface area contributed by atoms with Crippen LogP contribution in [0.15, 0.2) is 60.8 Å². The molecule has 0 heterocycles. The number of allylic oxidation sites excluding steroid dienone is 10. The van der Waals surface area contributed by atoms with Crippen molar-refractivity contribution in [3.63, 3.8) is 0 Å². The van der Waals surface area contributed by atoms with E-state index < -0.39 is 0 Å². The van der Waals surface area contributed by atoms with Gasteiger partial charge in [0.15, 0.2) is 0 Å². The van der Waals surface area contributed by atoms with Crippen molar-refractivity contribution in [1.82, 2.24) is 0 Å². The highest BCUT2D eigenvalue weighted by Gasteiger charge is 2.00. The lowest BCUT2D eigenvalue weighted by molar-refractivity contribution is -0.143. The molecule has 0 aliphatic carbocycles. The Morgan fingerprint density at radius 3 is 1.61 bits per heavy atom. The average molecular weight is 387 g/mol. The molecule has 0 radical (unpaired) electrons. The number of esters is 1. The van der Waals surface area contributed by atoms with Crippen molar-refractivity contribution >= 4 is 5.97 Å². The molecule has 0 fully saturated rings. The van der Waals surface area contributed by atoms with Crippen LogP contribution in [0.1, 0.15) is 90.9 Å². The number of hydrogen-bond acceptors (Lipinski definition) is 2. The Morgan fingerprint density at radius 2 is 1.07 bits per heavy atom. The summed E-state index contributed by atoms with van der Waals surface area (Å²) in [7, 11) is 0. The highest BCUT2D eigenvalue weighted by Crippen LogP contribution is 2.08. The topological polar surface area (TPSA) is 26.3 Å². The van der Waals surface area contributed by atoms with Crippen molar-refractivity contribution in [2.75, 3.05) is 6.61 Å². The largest absolute Gasteiger partial charge is 0.466 e. The summed E-state index contributed by atoms with van der Waals surface area (Å²) in [6, 6.07) is 0.